The number of para-hydroxylation sites is 1. The number of carbonyl (C=O) groups is 1. The quantitative estimate of drug-likeness (QED) is 0.363. The van der Waals surface area contributed by atoms with E-state index in [2.05, 4.69) is 10.5 Å². The highest BCUT2D eigenvalue weighted by Crippen LogP contribution is 2.40. The van der Waals surface area contributed by atoms with E-state index in [0.29, 0.717) is 17.1 Å². The first-order valence-corrected chi connectivity index (χ1v) is 10.1. The van der Waals surface area contributed by atoms with Crippen molar-refractivity contribution in [2.24, 2.45) is 5.10 Å². The number of methoxy groups -OCH3 is 1. The van der Waals surface area contributed by atoms with E-state index in [-0.39, 0.29) is 16.6 Å². The Balaban J connectivity index is 2.22. The molecule has 31 heavy (non-hydrogen) atoms. The lowest BCUT2D eigenvalue weighted by Crippen LogP contribution is -2.17. The molecule has 0 spiro atoms. The lowest BCUT2D eigenvalue weighted by atomic mass is 9.78. The van der Waals surface area contributed by atoms with Crippen LogP contribution in [0.4, 0.5) is 0 Å². The van der Waals surface area contributed by atoms with Crippen LogP contribution in [0, 0.1) is 0 Å². The summed E-state index contributed by atoms with van der Waals surface area (Å²) >= 11 is 0. The van der Waals surface area contributed by atoms with Crippen LogP contribution in [-0.2, 0) is 15.6 Å². The standard InChI is InChI=1S/C25H32N2O4/c1-24(2,3)18-13-16(14-19(23(18)30)25(4,5)6)11-12-21(28)27-26-15-17-9-8-10-20(31-7)22(17)29/h8-15,29-30H,1-7H3,(H,27,28). The molecule has 3 N–H and O–H groups in total. The maximum absolute atomic E-state index is 12.2. The van der Waals surface area contributed by atoms with Crippen molar-refractivity contribution >= 4 is 18.2 Å². The highest BCUT2D eigenvalue weighted by atomic mass is 16.5. The number of amides is 1. The summed E-state index contributed by atoms with van der Waals surface area (Å²) in [6.45, 7) is 12.2. The molecule has 0 aromatic heterocycles. The molecule has 1 amide bonds. The van der Waals surface area contributed by atoms with Gasteiger partial charge < -0.3 is 14.9 Å². The average Bonchev–Trinajstić information content (AvgIpc) is 2.66. The van der Waals surface area contributed by atoms with Crippen LogP contribution in [0.2, 0.25) is 0 Å². The average molecular weight is 425 g/mol. The number of hydrogen-bond acceptors (Lipinski definition) is 5. The van der Waals surface area contributed by atoms with Crippen molar-refractivity contribution in [1.29, 1.82) is 0 Å². The lowest BCUT2D eigenvalue weighted by molar-refractivity contribution is -0.116. The number of nitrogens with zero attached hydrogens (tertiary/aromatic N) is 1. The van der Waals surface area contributed by atoms with Gasteiger partial charge in [0.15, 0.2) is 11.5 Å². The normalized spacial score (nSPS) is 12.5. The van der Waals surface area contributed by atoms with Crippen molar-refractivity contribution in [1.82, 2.24) is 5.43 Å². The molecule has 0 bridgehead atoms. The van der Waals surface area contributed by atoms with Gasteiger partial charge in [0.05, 0.1) is 13.3 Å². The Hall–Kier alpha value is -3.28. The van der Waals surface area contributed by atoms with E-state index in [1.54, 1.807) is 24.3 Å². The van der Waals surface area contributed by atoms with Gasteiger partial charge in [0.1, 0.15) is 5.75 Å². The van der Waals surface area contributed by atoms with Crippen LogP contribution < -0.4 is 10.2 Å². The van der Waals surface area contributed by atoms with Gasteiger partial charge in [-0.1, -0.05) is 47.6 Å². The first-order chi connectivity index (χ1) is 14.3. The molecule has 6 nitrogen and oxygen atoms in total. The number of benzene rings is 2. The summed E-state index contributed by atoms with van der Waals surface area (Å²) in [6, 6.07) is 8.79. The molecule has 0 aliphatic carbocycles. The van der Waals surface area contributed by atoms with E-state index in [1.807, 2.05) is 53.7 Å². The third kappa shape index (κ3) is 6.10. The van der Waals surface area contributed by atoms with E-state index in [4.69, 9.17) is 4.74 Å². The van der Waals surface area contributed by atoms with Crippen molar-refractivity contribution in [2.75, 3.05) is 7.11 Å². The predicted molar refractivity (Wildman–Crippen MR) is 125 cm³/mol. The number of phenolic OH excluding ortho intramolecular Hbond substituents is 2. The molecule has 2 rings (SSSR count). The van der Waals surface area contributed by atoms with Crippen LogP contribution in [0.1, 0.15) is 63.8 Å². The minimum atomic E-state index is -0.415. The first kappa shape index (κ1) is 24.0. The van der Waals surface area contributed by atoms with E-state index in [0.717, 1.165) is 16.7 Å². The molecule has 0 radical (unpaired) electrons. The summed E-state index contributed by atoms with van der Waals surface area (Å²) in [5.74, 6) is 0.157. The Kier molecular flexibility index (Phi) is 7.16. The Morgan fingerprint density at radius 2 is 1.58 bits per heavy atom. The number of ether oxygens (including phenoxy) is 1. The smallest absolute Gasteiger partial charge is 0.264 e. The number of rotatable bonds is 5. The summed E-state index contributed by atoms with van der Waals surface area (Å²) in [5, 5.41) is 24.7. The van der Waals surface area contributed by atoms with Crippen molar-refractivity contribution in [3.8, 4) is 17.2 Å². The van der Waals surface area contributed by atoms with Gasteiger partial charge in [0, 0.05) is 22.8 Å². The van der Waals surface area contributed by atoms with Crippen LogP contribution >= 0.6 is 0 Å². The fourth-order valence-corrected chi connectivity index (χ4v) is 3.08. The topological polar surface area (TPSA) is 91.2 Å². The van der Waals surface area contributed by atoms with Gasteiger partial charge in [-0.05, 0) is 46.7 Å². The van der Waals surface area contributed by atoms with Crippen LogP contribution in [0.25, 0.3) is 6.08 Å². The molecule has 0 aliphatic rings. The zero-order chi connectivity index (χ0) is 23.4. The van der Waals surface area contributed by atoms with Crippen LogP contribution in [-0.4, -0.2) is 29.4 Å². The van der Waals surface area contributed by atoms with Crippen LogP contribution in [0.15, 0.2) is 41.5 Å². The summed E-state index contributed by atoms with van der Waals surface area (Å²) in [6.07, 6.45) is 4.42. The monoisotopic (exact) mass is 424 g/mol. The molecule has 0 unspecified atom stereocenters. The minimum Gasteiger partial charge on any atom is -0.507 e. The molecular formula is C25H32N2O4. The van der Waals surface area contributed by atoms with Gasteiger partial charge in [-0.3, -0.25) is 4.79 Å². The molecular weight excluding hydrogens is 392 g/mol. The summed E-state index contributed by atoms with van der Waals surface area (Å²) < 4.78 is 5.05. The molecule has 0 aliphatic heterocycles. The fraction of sp³-hybridized carbons (Fsp3) is 0.360. The first-order valence-electron chi connectivity index (χ1n) is 10.1. The number of hydrazone groups is 1. The maximum atomic E-state index is 12.2. The molecule has 2 aromatic carbocycles. The second-order valence-corrected chi connectivity index (χ2v) is 9.43. The number of aromatic hydroxyl groups is 2. The van der Waals surface area contributed by atoms with Crippen molar-refractivity contribution in [3.05, 3.63) is 58.7 Å². The Morgan fingerprint density at radius 3 is 2.10 bits per heavy atom. The van der Waals surface area contributed by atoms with E-state index < -0.39 is 5.91 Å². The van der Waals surface area contributed by atoms with Crippen molar-refractivity contribution in [3.63, 3.8) is 0 Å². The maximum Gasteiger partial charge on any atom is 0.264 e. The van der Waals surface area contributed by atoms with Crippen molar-refractivity contribution < 1.29 is 19.7 Å². The second-order valence-electron chi connectivity index (χ2n) is 9.43. The van der Waals surface area contributed by atoms with Gasteiger partial charge in [-0.2, -0.15) is 5.10 Å². The molecule has 2 aromatic rings. The number of phenols is 2. The summed E-state index contributed by atoms with van der Waals surface area (Å²) in [7, 11) is 1.46. The number of hydrogen-bond donors (Lipinski definition) is 3. The predicted octanol–water partition coefficient (Wildman–Crippen LogP) is 4.86. The zero-order valence-corrected chi connectivity index (χ0v) is 19.3. The zero-order valence-electron chi connectivity index (χ0n) is 19.3. The van der Waals surface area contributed by atoms with Gasteiger partial charge in [-0.15, -0.1) is 0 Å². The Morgan fingerprint density at radius 1 is 1.00 bits per heavy atom. The third-order valence-corrected chi connectivity index (χ3v) is 4.80. The summed E-state index contributed by atoms with van der Waals surface area (Å²) in [5.41, 5.74) is 4.80. The van der Waals surface area contributed by atoms with Gasteiger partial charge in [0.25, 0.3) is 5.91 Å². The van der Waals surface area contributed by atoms with E-state index >= 15 is 0 Å². The highest BCUT2D eigenvalue weighted by molar-refractivity contribution is 5.93. The Labute approximate surface area is 184 Å². The third-order valence-electron chi connectivity index (χ3n) is 4.80. The number of nitrogens with one attached hydrogen (secondary N) is 1. The molecule has 0 saturated carbocycles. The van der Waals surface area contributed by atoms with Gasteiger partial charge in [-0.25, -0.2) is 5.43 Å². The van der Waals surface area contributed by atoms with E-state index in [9.17, 15) is 15.0 Å². The number of carbonyl (C=O) groups excluding carboxylic acids is 1. The fourth-order valence-electron chi connectivity index (χ4n) is 3.08. The minimum absolute atomic E-state index is 0.0490. The molecule has 0 heterocycles. The van der Waals surface area contributed by atoms with Crippen LogP contribution in [0.5, 0.6) is 17.2 Å². The van der Waals surface area contributed by atoms with Gasteiger partial charge in [0.2, 0.25) is 0 Å². The molecule has 166 valence electrons. The highest BCUT2D eigenvalue weighted by Gasteiger charge is 2.26. The summed E-state index contributed by atoms with van der Waals surface area (Å²) in [4.78, 5) is 12.2. The SMILES string of the molecule is COc1cccc(C=NNC(=O)C=Cc2cc(C(C)(C)C)c(O)c(C(C)(C)C)c2)c1O. The van der Waals surface area contributed by atoms with Crippen molar-refractivity contribution in [2.45, 2.75) is 52.4 Å². The van der Waals surface area contributed by atoms with Crippen LogP contribution in [0.3, 0.4) is 0 Å². The molecule has 0 atom stereocenters. The lowest BCUT2D eigenvalue weighted by Gasteiger charge is -2.27. The molecule has 0 saturated heterocycles. The molecule has 0 fully saturated rings. The van der Waals surface area contributed by atoms with Gasteiger partial charge >= 0.3 is 0 Å². The molecule has 6 heteroatoms. The van der Waals surface area contributed by atoms with E-state index in [1.165, 1.54) is 19.4 Å². The Bertz CT molecular complexity index is 974. The largest absolute Gasteiger partial charge is 0.507 e. The second kappa shape index (κ2) is 9.25.